The zero-order valence-corrected chi connectivity index (χ0v) is 12.0. The molecule has 0 aliphatic rings. The fourth-order valence-corrected chi connectivity index (χ4v) is 1.69. The van der Waals surface area contributed by atoms with Crippen molar-refractivity contribution in [1.29, 1.82) is 0 Å². The van der Waals surface area contributed by atoms with Gasteiger partial charge in [0.15, 0.2) is 0 Å². The summed E-state index contributed by atoms with van der Waals surface area (Å²) in [4.78, 5) is 13.7. The second-order valence-electron chi connectivity index (χ2n) is 5.23. The lowest BCUT2D eigenvalue weighted by atomic mass is 10.0. The third kappa shape index (κ3) is 9.12. The number of rotatable bonds is 9. The van der Waals surface area contributed by atoms with Crippen LogP contribution in [0, 0.1) is 5.92 Å². The molecular weight excluding hydrogens is 214 g/mol. The summed E-state index contributed by atoms with van der Waals surface area (Å²) >= 11 is 0. The minimum atomic E-state index is 0.0917. The third-order valence-corrected chi connectivity index (χ3v) is 2.72. The van der Waals surface area contributed by atoms with Crippen LogP contribution in [0.4, 0.5) is 0 Å². The smallest absolute Gasteiger partial charge is 0.234 e. The molecule has 0 saturated carbocycles. The van der Waals surface area contributed by atoms with Gasteiger partial charge in [0.2, 0.25) is 5.91 Å². The Morgan fingerprint density at radius 3 is 2.41 bits per heavy atom. The number of carbonyl (C=O) groups excluding carboxylic acids is 1. The van der Waals surface area contributed by atoms with Gasteiger partial charge in [0.1, 0.15) is 0 Å². The van der Waals surface area contributed by atoms with Crippen molar-refractivity contribution in [2.45, 2.75) is 39.7 Å². The molecule has 0 aromatic rings. The van der Waals surface area contributed by atoms with E-state index in [2.05, 4.69) is 50.4 Å². The summed E-state index contributed by atoms with van der Waals surface area (Å²) in [5, 5.41) is 6.09. The molecule has 102 valence electrons. The highest BCUT2D eigenvalue weighted by atomic mass is 16.1. The Labute approximate surface area is 106 Å². The topological polar surface area (TPSA) is 44.4 Å². The van der Waals surface area contributed by atoms with Gasteiger partial charge < -0.3 is 15.5 Å². The van der Waals surface area contributed by atoms with E-state index in [0.29, 0.717) is 18.5 Å². The van der Waals surface area contributed by atoms with E-state index in [-0.39, 0.29) is 5.91 Å². The van der Waals surface area contributed by atoms with Crippen molar-refractivity contribution >= 4 is 5.91 Å². The fourth-order valence-electron chi connectivity index (χ4n) is 1.69. The Bertz CT molecular complexity index is 205. The number of hydrogen-bond acceptors (Lipinski definition) is 3. The molecular formula is C13H29N3O. The van der Waals surface area contributed by atoms with Crippen LogP contribution in [0.1, 0.15) is 33.6 Å². The molecule has 1 unspecified atom stereocenters. The Morgan fingerprint density at radius 1 is 1.29 bits per heavy atom. The highest BCUT2D eigenvalue weighted by molar-refractivity contribution is 5.77. The van der Waals surface area contributed by atoms with Crippen LogP contribution in [0.3, 0.4) is 0 Å². The summed E-state index contributed by atoms with van der Waals surface area (Å²) in [6.07, 6.45) is 2.16. The first kappa shape index (κ1) is 16.4. The van der Waals surface area contributed by atoms with Crippen LogP contribution in [-0.4, -0.2) is 50.6 Å². The number of likely N-dealkylation sites (N-methyl/N-ethyl adjacent to an activating group) is 1. The minimum Gasteiger partial charge on any atom is -0.353 e. The lowest BCUT2D eigenvalue weighted by Gasteiger charge is -2.26. The van der Waals surface area contributed by atoms with Gasteiger partial charge in [0.25, 0.3) is 0 Å². The third-order valence-electron chi connectivity index (χ3n) is 2.72. The number of hydrogen-bond donors (Lipinski definition) is 2. The highest BCUT2D eigenvalue weighted by Crippen LogP contribution is 2.07. The molecule has 0 rings (SSSR count). The predicted molar refractivity (Wildman–Crippen MR) is 73.1 cm³/mol. The fraction of sp³-hybridized carbons (Fsp3) is 0.923. The van der Waals surface area contributed by atoms with Crippen LogP contribution >= 0.6 is 0 Å². The van der Waals surface area contributed by atoms with Gasteiger partial charge in [-0.15, -0.1) is 0 Å². The van der Waals surface area contributed by atoms with Crippen molar-refractivity contribution in [2.75, 3.05) is 33.7 Å². The Kier molecular flexibility index (Phi) is 9.09. The van der Waals surface area contributed by atoms with Gasteiger partial charge in [0.05, 0.1) is 6.54 Å². The second-order valence-corrected chi connectivity index (χ2v) is 5.23. The predicted octanol–water partition coefficient (Wildman–Crippen LogP) is 1.08. The van der Waals surface area contributed by atoms with Crippen molar-refractivity contribution < 1.29 is 4.79 Å². The Balaban J connectivity index is 3.83. The van der Waals surface area contributed by atoms with E-state index < -0.39 is 0 Å². The van der Waals surface area contributed by atoms with Gasteiger partial charge in [-0.2, -0.15) is 0 Å². The summed E-state index contributed by atoms with van der Waals surface area (Å²) in [5.41, 5.74) is 0. The van der Waals surface area contributed by atoms with E-state index >= 15 is 0 Å². The van der Waals surface area contributed by atoms with Crippen molar-refractivity contribution in [1.82, 2.24) is 15.5 Å². The van der Waals surface area contributed by atoms with E-state index in [1.54, 1.807) is 0 Å². The van der Waals surface area contributed by atoms with Crippen molar-refractivity contribution in [3.05, 3.63) is 0 Å². The lowest BCUT2D eigenvalue weighted by Crippen LogP contribution is -2.43. The molecule has 1 atom stereocenters. The monoisotopic (exact) mass is 243 g/mol. The Hall–Kier alpha value is -0.610. The first-order chi connectivity index (χ1) is 7.97. The maximum absolute atomic E-state index is 11.5. The van der Waals surface area contributed by atoms with Crippen LogP contribution in [0.25, 0.3) is 0 Å². The molecule has 0 saturated heterocycles. The van der Waals surface area contributed by atoms with Gasteiger partial charge in [-0.05, 0) is 39.4 Å². The molecule has 0 spiro atoms. The molecule has 0 aliphatic heterocycles. The zero-order chi connectivity index (χ0) is 13.3. The van der Waals surface area contributed by atoms with Gasteiger partial charge in [-0.1, -0.05) is 20.8 Å². The average molecular weight is 243 g/mol. The van der Waals surface area contributed by atoms with Crippen molar-refractivity contribution in [3.8, 4) is 0 Å². The number of carbonyl (C=O) groups is 1. The van der Waals surface area contributed by atoms with Crippen LogP contribution in [0.2, 0.25) is 0 Å². The molecule has 0 aromatic heterocycles. The SMILES string of the molecule is CCCNCC(=O)NCC(CC(C)C)N(C)C. The van der Waals surface area contributed by atoms with E-state index in [9.17, 15) is 4.79 Å². The second kappa shape index (κ2) is 9.42. The van der Waals surface area contributed by atoms with Gasteiger partial charge in [0, 0.05) is 12.6 Å². The molecule has 2 N–H and O–H groups in total. The van der Waals surface area contributed by atoms with E-state index in [1.165, 1.54) is 0 Å². The number of amides is 1. The highest BCUT2D eigenvalue weighted by Gasteiger charge is 2.14. The quantitative estimate of drug-likeness (QED) is 0.596. The molecule has 4 heteroatoms. The van der Waals surface area contributed by atoms with E-state index in [0.717, 1.165) is 25.9 Å². The van der Waals surface area contributed by atoms with Gasteiger partial charge in [-0.25, -0.2) is 0 Å². The van der Waals surface area contributed by atoms with Gasteiger partial charge in [-0.3, -0.25) is 4.79 Å². The molecule has 0 aromatic carbocycles. The maximum atomic E-state index is 11.5. The van der Waals surface area contributed by atoms with Crippen LogP contribution in [0.5, 0.6) is 0 Å². The minimum absolute atomic E-state index is 0.0917. The first-order valence-electron chi connectivity index (χ1n) is 6.61. The van der Waals surface area contributed by atoms with Crippen molar-refractivity contribution in [2.24, 2.45) is 5.92 Å². The molecule has 0 bridgehead atoms. The number of nitrogens with one attached hydrogen (secondary N) is 2. The average Bonchev–Trinajstić information content (AvgIpc) is 2.23. The molecule has 0 fully saturated rings. The van der Waals surface area contributed by atoms with Gasteiger partial charge >= 0.3 is 0 Å². The van der Waals surface area contributed by atoms with Crippen molar-refractivity contribution in [3.63, 3.8) is 0 Å². The van der Waals surface area contributed by atoms with E-state index in [4.69, 9.17) is 0 Å². The van der Waals surface area contributed by atoms with Crippen LogP contribution < -0.4 is 10.6 Å². The van der Waals surface area contributed by atoms with Crippen LogP contribution in [-0.2, 0) is 4.79 Å². The molecule has 0 heterocycles. The molecule has 17 heavy (non-hydrogen) atoms. The molecule has 0 aliphatic carbocycles. The first-order valence-corrected chi connectivity index (χ1v) is 6.61. The summed E-state index contributed by atoms with van der Waals surface area (Å²) in [6.45, 7) is 8.57. The summed E-state index contributed by atoms with van der Waals surface area (Å²) < 4.78 is 0. The summed E-state index contributed by atoms with van der Waals surface area (Å²) in [6, 6.07) is 0.421. The lowest BCUT2D eigenvalue weighted by molar-refractivity contribution is -0.120. The zero-order valence-electron chi connectivity index (χ0n) is 12.0. The molecule has 0 radical (unpaired) electrons. The molecule has 1 amide bonds. The standard InChI is InChI=1S/C13H29N3O/c1-6-7-14-10-13(17)15-9-12(16(4)5)8-11(2)3/h11-12,14H,6-10H2,1-5H3,(H,15,17). The summed E-state index contributed by atoms with van der Waals surface area (Å²) in [7, 11) is 4.13. The summed E-state index contributed by atoms with van der Waals surface area (Å²) in [5.74, 6) is 0.742. The normalized spacial score (nSPS) is 13.1. The maximum Gasteiger partial charge on any atom is 0.234 e. The number of nitrogens with zero attached hydrogens (tertiary/aromatic N) is 1. The van der Waals surface area contributed by atoms with Crippen LogP contribution in [0.15, 0.2) is 0 Å². The van der Waals surface area contributed by atoms with E-state index in [1.807, 2.05) is 0 Å². The largest absolute Gasteiger partial charge is 0.353 e. The molecule has 4 nitrogen and oxygen atoms in total. The Morgan fingerprint density at radius 2 is 1.94 bits per heavy atom.